The first-order valence-electron chi connectivity index (χ1n) is 9.86. The number of aryl methyl sites for hydroxylation is 1. The van der Waals surface area contributed by atoms with Crippen LogP contribution < -0.4 is 15.4 Å². The molecule has 1 aromatic carbocycles. The molecule has 0 bridgehead atoms. The van der Waals surface area contributed by atoms with E-state index in [1.165, 1.54) is 24.8 Å². The van der Waals surface area contributed by atoms with E-state index in [4.69, 9.17) is 27.9 Å². The van der Waals surface area contributed by atoms with Crippen molar-refractivity contribution in [2.45, 2.75) is 19.9 Å². The summed E-state index contributed by atoms with van der Waals surface area (Å²) in [7, 11) is 1.50. The van der Waals surface area contributed by atoms with E-state index >= 15 is 0 Å². The molecule has 8 nitrogen and oxygen atoms in total. The highest BCUT2D eigenvalue weighted by molar-refractivity contribution is 9.10. The molecule has 0 spiro atoms. The van der Waals surface area contributed by atoms with Gasteiger partial charge in [0, 0.05) is 30.9 Å². The fourth-order valence-corrected chi connectivity index (χ4v) is 5.61. The second-order valence-electron chi connectivity index (χ2n) is 7.06. The lowest BCUT2D eigenvalue weighted by atomic mass is 10.2. The zero-order valence-corrected chi connectivity index (χ0v) is 21.6. The fourth-order valence-electron chi connectivity index (χ4n) is 3.26. The number of carbonyl (C=O) groups excluding carboxylic acids is 1. The lowest BCUT2D eigenvalue weighted by Gasteiger charge is -2.16. The van der Waals surface area contributed by atoms with Crippen LogP contribution in [0.1, 0.15) is 22.3 Å². The van der Waals surface area contributed by atoms with Crippen LogP contribution in [0.15, 0.2) is 34.9 Å². The minimum absolute atomic E-state index is 0.211. The van der Waals surface area contributed by atoms with Gasteiger partial charge in [0.05, 0.1) is 44.4 Å². The molecule has 3 aromatic heterocycles. The van der Waals surface area contributed by atoms with E-state index in [2.05, 4.69) is 41.5 Å². The van der Waals surface area contributed by atoms with Gasteiger partial charge in [-0.3, -0.25) is 4.79 Å². The summed E-state index contributed by atoms with van der Waals surface area (Å²) in [5.41, 5.74) is 1.95. The van der Waals surface area contributed by atoms with E-state index in [1.807, 2.05) is 10.8 Å². The third kappa shape index (κ3) is 4.79. The van der Waals surface area contributed by atoms with Crippen molar-refractivity contribution < 1.29 is 9.53 Å². The maximum absolute atomic E-state index is 13.1. The van der Waals surface area contributed by atoms with Crippen LogP contribution in [0.4, 0.5) is 11.5 Å². The Morgan fingerprint density at radius 1 is 1.30 bits per heavy atom. The van der Waals surface area contributed by atoms with Gasteiger partial charge in [0.2, 0.25) is 0 Å². The van der Waals surface area contributed by atoms with Gasteiger partial charge in [-0.05, 0) is 34.8 Å². The number of hydrogen-bond donors (Lipinski definition) is 2. The van der Waals surface area contributed by atoms with Crippen LogP contribution in [0.25, 0.3) is 10.2 Å². The molecule has 2 N–H and O–H groups in total. The molecular formula is C21H19BrCl2N6O2S. The lowest BCUT2D eigenvalue weighted by Crippen LogP contribution is -2.13. The molecule has 4 aromatic rings. The number of halogens is 3. The summed E-state index contributed by atoms with van der Waals surface area (Å²) in [4.78, 5) is 25.8. The predicted molar refractivity (Wildman–Crippen MR) is 136 cm³/mol. The topological polar surface area (TPSA) is 94.0 Å². The van der Waals surface area contributed by atoms with E-state index in [9.17, 15) is 4.79 Å². The number of amides is 1. The molecule has 12 heteroatoms. The Kier molecular flexibility index (Phi) is 7.38. The van der Waals surface area contributed by atoms with Gasteiger partial charge < -0.3 is 19.9 Å². The Hall–Kier alpha value is -2.40. The van der Waals surface area contributed by atoms with Crippen molar-refractivity contribution in [3.05, 3.63) is 56.1 Å². The second kappa shape index (κ2) is 10.3. The molecule has 0 aliphatic carbocycles. The standard InChI is InChI=1S/C21H19BrCl2N6O2S/c1-11-13(22)18(32-2)15(24)17(14(11)23)29-21(31)12-8-33-19-16(12)27-9-28-20(19)26-4-3-6-30-7-5-25-10-30/h5,7-10H,3-4,6H2,1-2H3,(H,29,31)(H,26,27,28). The van der Waals surface area contributed by atoms with E-state index in [0.29, 0.717) is 44.3 Å². The molecule has 3 heterocycles. The third-order valence-corrected chi connectivity index (χ3v) is 7.75. The van der Waals surface area contributed by atoms with Crippen LogP contribution in [-0.2, 0) is 6.54 Å². The number of methoxy groups -OCH3 is 1. The first kappa shape index (κ1) is 23.7. The first-order valence-corrected chi connectivity index (χ1v) is 12.3. The van der Waals surface area contributed by atoms with Gasteiger partial charge in [-0.2, -0.15) is 0 Å². The Balaban J connectivity index is 1.54. The first-order chi connectivity index (χ1) is 15.9. The summed E-state index contributed by atoms with van der Waals surface area (Å²) in [6.45, 7) is 3.36. The van der Waals surface area contributed by atoms with Gasteiger partial charge in [0.15, 0.2) is 5.75 Å². The molecule has 0 saturated carbocycles. The van der Waals surface area contributed by atoms with E-state index in [-0.39, 0.29) is 16.6 Å². The highest BCUT2D eigenvalue weighted by Crippen LogP contribution is 2.46. The number of nitrogens with one attached hydrogen (secondary N) is 2. The summed E-state index contributed by atoms with van der Waals surface area (Å²) >= 11 is 17.7. The molecule has 4 rings (SSSR count). The maximum Gasteiger partial charge on any atom is 0.258 e. The van der Waals surface area contributed by atoms with Crippen LogP contribution in [0.2, 0.25) is 10.0 Å². The maximum atomic E-state index is 13.1. The number of fused-ring (bicyclic) bond motifs is 1. The van der Waals surface area contributed by atoms with Crippen LogP contribution in [-0.4, -0.2) is 39.1 Å². The minimum Gasteiger partial charge on any atom is -0.494 e. The summed E-state index contributed by atoms with van der Waals surface area (Å²) in [6.07, 6.45) is 7.80. The zero-order chi connectivity index (χ0) is 23.5. The molecule has 33 heavy (non-hydrogen) atoms. The summed E-state index contributed by atoms with van der Waals surface area (Å²) in [5, 5.41) is 8.43. The van der Waals surface area contributed by atoms with Gasteiger partial charge >= 0.3 is 0 Å². The van der Waals surface area contributed by atoms with Gasteiger partial charge in [-0.1, -0.05) is 23.2 Å². The van der Waals surface area contributed by atoms with Crippen molar-refractivity contribution in [3.63, 3.8) is 0 Å². The molecule has 0 atom stereocenters. The normalized spacial score (nSPS) is 11.1. The number of thiophene rings is 1. The highest BCUT2D eigenvalue weighted by Gasteiger charge is 2.23. The van der Waals surface area contributed by atoms with E-state index < -0.39 is 0 Å². The van der Waals surface area contributed by atoms with Crippen molar-refractivity contribution in [1.29, 1.82) is 0 Å². The number of hydrogen-bond acceptors (Lipinski definition) is 7. The number of aromatic nitrogens is 4. The monoisotopic (exact) mass is 568 g/mol. The fraction of sp³-hybridized carbons (Fsp3) is 0.238. The quantitative estimate of drug-likeness (QED) is 0.252. The number of nitrogens with zero attached hydrogens (tertiary/aromatic N) is 4. The van der Waals surface area contributed by atoms with E-state index in [1.54, 1.807) is 24.8 Å². The number of benzene rings is 1. The van der Waals surface area contributed by atoms with Gasteiger partial charge in [-0.15, -0.1) is 11.3 Å². The number of carbonyl (C=O) groups is 1. The number of imidazole rings is 1. The van der Waals surface area contributed by atoms with Crippen molar-refractivity contribution in [1.82, 2.24) is 19.5 Å². The van der Waals surface area contributed by atoms with Crippen LogP contribution in [0.5, 0.6) is 5.75 Å². The molecule has 0 radical (unpaired) electrons. The smallest absolute Gasteiger partial charge is 0.258 e. The van der Waals surface area contributed by atoms with Gasteiger partial charge in [0.25, 0.3) is 5.91 Å². The average molecular weight is 570 g/mol. The molecule has 0 fully saturated rings. The van der Waals surface area contributed by atoms with Gasteiger partial charge in [-0.25, -0.2) is 15.0 Å². The third-order valence-electron chi connectivity index (χ3n) is 4.98. The van der Waals surface area contributed by atoms with Gasteiger partial charge in [0.1, 0.15) is 17.2 Å². The van der Waals surface area contributed by atoms with Crippen LogP contribution in [0, 0.1) is 6.92 Å². The Bertz CT molecular complexity index is 1310. The van der Waals surface area contributed by atoms with Crippen molar-refractivity contribution in [3.8, 4) is 5.75 Å². The van der Waals surface area contributed by atoms with Crippen molar-refractivity contribution >= 4 is 78.1 Å². The molecule has 0 aliphatic rings. The second-order valence-corrected chi connectivity index (χ2v) is 9.49. The lowest BCUT2D eigenvalue weighted by molar-refractivity contribution is 0.102. The summed E-state index contributed by atoms with van der Waals surface area (Å²) in [6, 6.07) is 0. The Morgan fingerprint density at radius 2 is 2.12 bits per heavy atom. The van der Waals surface area contributed by atoms with Crippen molar-refractivity contribution in [2.24, 2.45) is 0 Å². The molecule has 0 saturated heterocycles. The summed E-state index contributed by atoms with van der Waals surface area (Å²) < 4.78 is 8.81. The van der Waals surface area contributed by atoms with Crippen LogP contribution in [0.3, 0.4) is 0 Å². The minimum atomic E-state index is -0.376. The van der Waals surface area contributed by atoms with E-state index in [0.717, 1.165) is 17.7 Å². The number of rotatable bonds is 8. The van der Waals surface area contributed by atoms with Crippen LogP contribution >= 0.6 is 50.5 Å². The summed E-state index contributed by atoms with van der Waals surface area (Å²) in [5.74, 6) is 0.707. The highest BCUT2D eigenvalue weighted by atomic mass is 79.9. The molecule has 0 unspecified atom stereocenters. The molecule has 1 amide bonds. The largest absolute Gasteiger partial charge is 0.494 e. The SMILES string of the molecule is COc1c(Cl)c(NC(=O)c2csc3c(NCCCn4ccnc4)ncnc23)c(Cl)c(C)c1Br. The average Bonchev–Trinajstić information content (AvgIpc) is 3.49. The molecule has 172 valence electrons. The number of ether oxygens (including phenoxy) is 1. The predicted octanol–water partition coefficient (Wildman–Crippen LogP) is 6.03. The molecule has 0 aliphatic heterocycles. The molecular weight excluding hydrogens is 551 g/mol. The Morgan fingerprint density at radius 3 is 2.85 bits per heavy atom. The number of anilines is 2. The van der Waals surface area contributed by atoms with Crippen molar-refractivity contribution in [2.75, 3.05) is 24.3 Å². The Labute approximate surface area is 212 Å². The zero-order valence-electron chi connectivity index (χ0n) is 17.7.